The summed E-state index contributed by atoms with van der Waals surface area (Å²) in [6.45, 7) is 3.14. The van der Waals surface area contributed by atoms with Crippen molar-refractivity contribution < 1.29 is 14.3 Å². The summed E-state index contributed by atoms with van der Waals surface area (Å²) < 4.78 is 13.0. The van der Waals surface area contributed by atoms with E-state index in [0.29, 0.717) is 6.54 Å². The van der Waals surface area contributed by atoms with E-state index in [4.69, 9.17) is 5.11 Å². The summed E-state index contributed by atoms with van der Waals surface area (Å²) in [7, 11) is 0. The lowest BCUT2D eigenvalue weighted by atomic mass is 10.1. The van der Waals surface area contributed by atoms with Crippen LogP contribution in [0, 0.1) is 0 Å². The predicted octanol–water partition coefficient (Wildman–Crippen LogP) is 0.966. The Morgan fingerprint density at radius 3 is 2.64 bits per heavy atom. The highest BCUT2D eigenvalue weighted by Gasteiger charge is 2.25. The zero-order valence-electron chi connectivity index (χ0n) is 8.68. The Balaban J connectivity index is 3.33. The molecule has 0 saturated carbocycles. The molecule has 0 rings (SSSR count). The number of alkyl halides is 1. The Kier molecular flexibility index (Phi) is 6.92. The zero-order valence-corrected chi connectivity index (χ0v) is 9.49. The molecule has 84 valence electrons. The van der Waals surface area contributed by atoms with Gasteiger partial charge in [0.2, 0.25) is 0 Å². The van der Waals surface area contributed by atoms with Crippen molar-refractivity contribution in [2.24, 2.45) is 0 Å². The van der Waals surface area contributed by atoms with Crippen molar-refractivity contribution in [1.29, 1.82) is 0 Å². The van der Waals surface area contributed by atoms with Crippen LogP contribution in [0.2, 0.25) is 0 Å². The number of halogens is 1. The molecule has 0 bridgehead atoms. The van der Waals surface area contributed by atoms with Crippen molar-refractivity contribution in [1.82, 2.24) is 5.32 Å². The first-order chi connectivity index (χ1) is 6.48. The van der Waals surface area contributed by atoms with E-state index in [1.54, 1.807) is 11.8 Å². The third-order valence-corrected chi connectivity index (χ3v) is 2.59. The maximum atomic E-state index is 13.0. The maximum Gasteiger partial charge on any atom is 0.257 e. The van der Waals surface area contributed by atoms with E-state index in [1.807, 2.05) is 0 Å². The monoisotopic (exact) mass is 223 g/mol. The van der Waals surface area contributed by atoms with Gasteiger partial charge in [-0.1, -0.05) is 0 Å². The molecule has 0 saturated heterocycles. The summed E-state index contributed by atoms with van der Waals surface area (Å²) in [5.41, 5.74) is -1.80. The van der Waals surface area contributed by atoms with Gasteiger partial charge in [0.05, 0.1) is 0 Å². The molecule has 0 fully saturated rings. The second kappa shape index (κ2) is 7.06. The van der Waals surface area contributed by atoms with Gasteiger partial charge >= 0.3 is 0 Å². The average Bonchev–Trinajstić information content (AvgIpc) is 2.09. The summed E-state index contributed by atoms with van der Waals surface area (Å²) in [6.07, 6.45) is 0.757. The largest absolute Gasteiger partial charge is 0.396 e. The van der Waals surface area contributed by atoms with E-state index in [1.165, 1.54) is 13.8 Å². The lowest BCUT2D eigenvalue weighted by Crippen LogP contribution is -2.39. The van der Waals surface area contributed by atoms with E-state index in [2.05, 4.69) is 5.32 Å². The number of carbonyl (C=O) groups excluding carboxylic acids is 1. The lowest BCUT2D eigenvalue weighted by molar-refractivity contribution is -0.130. The zero-order chi connectivity index (χ0) is 11.0. The number of hydrogen-bond donors (Lipinski definition) is 2. The number of rotatable bonds is 7. The summed E-state index contributed by atoms with van der Waals surface area (Å²) in [5.74, 6) is 1.05. The van der Waals surface area contributed by atoms with Gasteiger partial charge in [0.15, 0.2) is 5.67 Å². The summed E-state index contributed by atoms with van der Waals surface area (Å²) >= 11 is 1.63. The van der Waals surface area contributed by atoms with Crippen LogP contribution in [0.15, 0.2) is 0 Å². The van der Waals surface area contributed by atoms with Gasteiger partial charge in [-0.05, 0) is 26.0 Å². The molecule has 0 spiro atoms. The second-order valence-corrected chi connectivity index (χ2v) is 4.64. The van der Waals surface area contributed by atoms with Crippen LogP contribution in [0.4, 0.5) is 4.39 Å². The summed E-state index contributed by atoms with van der Waals surface area (Å²) in [5, 5.41) is 11.0. The van der Waals surface area contributed by atoms with E-state index >= 15 is 0 Å². The van der Waals surface area contributed by atoms with Crippen LogP contribution in [-0.4, -0.2) is 41.3 Å². The molecule has 0 unspecified atom stereocenters. The van der Waals surface area contributed by atoms with Gasteiger partial charge in [0.25, 0.3) is 5.91 Å². The lowest BCUT2D eigenvalue weighted by Gasteiger charge is -2.13. The van der Waals surface area contributed by atoms with E-state index in [-0.39, 0.29) is 6.61 Å². The quantitative estimate of drug-likeness (QED) is 0.632. The molecule has 0 aliphatic heterocycles. The van der Waals surface area contributed by atoms with Gasteiger partial charge in [0.1, 0.15) is 0 Å². The minimum atomic E-state index is -1.80. The van der Waals surface area contributed by atoms with Crippen molar-refractivity contribution in [3.05, 3.63) is 0 Å². The Morgan fingerprint density at radius 1 is 1.50 bits per heavy atom. The third-order valence-electron chi connectivity index (χ3n) is 1.52. The fourth-order valence-corrected chi connectivity index (χ4v) is 1.50. The predicted molar refractivity (Wildman–Crippen MR) is 57.2 cm³/mol. The summed E-state index contributed by atoms with van der Waals surface area (Å²) in [4.78, 5) is 11.0. The number of thioether (sulfide) groups is 1. The molecule has 0 aliphatic rings. The molecule has 0 aliphatic carbocycles. The normalized spacial score (nSPS) is 11.4. The Morgan fingerprint density at radius 2 is 2.14 bits per heavy atom. The first-order valence-corrected chi connectivity index (χ1v) is 5.79. The van der Waals surface area contributed by atoms with Gasteiger partial charge in [0, 0.05) is 18.9 Å². The van der Waals surface area contributed by atoms with Gasteiger partial charge in [-0.15, -0.1) is 0 Å². The molecule has 5 heteroatoms. The minimum Gasteiger partial charge on any atom is -0.396 e. The molecule has 14 heavy (non-hydrogen) atoms. The smallest absolute Gasteiger partial charge is 0.257 e. The molecule has 0 atom stereocenters. The van der Waals surface area contributed by atoms with E-state index in [0.717, 1.165) is 17.9 Å². The molecular weight excluding hydrogens is 205 g/mol. The van der Waals surface area contributed by atoms with Crippen LogP contribution >= 0.6 is 11.8 Å². The number of aliphatic hydroxyl groups is 1. The van der Waals surface area contributed by atoms with Gasteiger partial charge in [-0.2, -0.15) is 11.8 Å². The first-order valence-electron chi connectivity index (χ1n) is 4.64. The fraction of sp³-hybridized carbons (Fsp3) is 0.889. The molecule has 1 amide bonds. The van der Waals surface area contributed by atoms with E-state index in [9.17, 15) is 9.18 Å². The van der Waals surface area contributed by atoms with Crippen molar-refractivity contribution in [3.63, 3.8) is 0 Å². The molecule has 0 heterocycles. The number of amides is 1. The Labute approximate surface area is 88.5 Å². The second-order valence-electron chi connectivity index (χ2n) is 3.42. The number of nitrogens with one attached hydrogen (secondary N) is 1. The standard InChI is InChI=1S/C9H18FNO2S/c1-9(2,10)8(13)11-4-7-14-6-3-5-12/h12H,3-7H2,1-2H3,(H,11,13). The highest BCUT2D eigenvalue weighted by Crippen LogP contribution is 2.07. The van der Waals surface area contributed by atoms with Crippen LogP contribution in [0.1, 0.15) is 20.3 Å². The molecular formula is C9H18FNO2S. The van der Waals surface area contributed by atoms with Crippen LogP contribution in [0.5, 0.6) is 0 Å². The van der Waals surface area contributed by atoms with E-state index < -0.39 is 11.6 Å². The van der Waals surface area contributed by atoms with Gasteiger partial charge in [-0.3, -0.25) is 4.79 Å². The van der Waals surface area contributed by atoms with Gasteiger partial charge in [-0.25, -0.2) is 4.39 Å². The molecule has 0 radical (unpaired) electrons. The highest BCUT2D eigenvalue weighted by atomic mass is 32.2. The molecule has 0 aromatic heterocycles. The SMILES string of the molecule is CC(C)(F)C(=O)NCCSCCCO. The van der Waals surface area contributed by atoms with Crippen molar-refractivity contribution in [3.8, 4) is 0 Å². The van der Waals surface area contributed by atoms with Crippen molar-refractivity contribution in [2.45, 2.75) is 25.9 Å². The van der Waals surface area contributed by atoms with Crippen LogP contribution in [0.3, 0.4) is 0 Å². The fourth-order valence-electron chi connectivity index (χ4n) is 0.716. The van der Waals surface area contributed by atoms with Crippen molar-refractivity contribution in [2.75, 3.05) is 24.7 Å². The first kappa shape index (κ1) is 13.7. The molecule has 0 aromatic carbocycles. The van der Waals surface area contributed by atoms with Crippen molar-refractivity contribution >= 4 is 17.7 Å². The molecule has 2 N–H and O–H groups in total. The highest BCUT2D eigenvalue weighted by molar-refractivity contribution is 7.99. The average molecular weight is 223 g/mol. The molecule has 3 nitrogen and oxygen atoms in total. The Hall–Kier alpha value is -0.290. The molecule has 0 aromatic rings. The number of aliphatic hydroxyl groups excluding tert-OH is 1. The maximum absolute atomic E-state index is 13.0. The van der Waals surface area contributed by atoms with Crippen LogP contribution in [-0.2, 0) is 4.79 Å². The number of carbonyl (C=O) groups is 1. The van der Waals surface area contributed by atoms with Gasteiger partial charge < -0.3 is 10.4 Å². The topological polar surface area (TPSA) is 49.3 Å². The number of hydrogen-bond acceptors (Lipinski definition) is 3. The third kappa shape index (κ3) is 7.15. The van der Waals surface area contributed by atoms with Crippen LogP contribution < -0.4 is 5.32 Å². The van der Waals surface area contributed by atoms with Crippen LogP contribution in [0.25, 0.3) is 0 Å². The minimum absolute atomic E-state index is 0.191. The summed E-state index contributed by atoms with van der Waals surface area (Å²) in [6, 6.07) is 0. The Bertz CT molecular complexity index is 171.